The predicted octanol–water partition coefficient (Wildman–Crippen LogP) is 7.94. The number of imide groups is 1. The lowest BCUT2D eigenvalue weighted by atomic mass is 9.62. The average Bonchev–Trinajstić information content (AvgIpc) is 3.06. The highest BCUT2D eigenvalue weighted by Crippen LogP contribution is 2.51. The zero-order valence-electron chi connectivity index (χ0n) is 20.3. The van der Waals surface area contributed by atoms with Crippen LogP contribution in [0.5, 0.6) is 5.75 Å². The molecule has 4 rings (SSSR count). The molecule has 37 heavy (non-hydrogen) atoms. The molecule has 4 nitrogen and oxygen atoms in total. The van der Waals surface area contributed by atoms with Gasteiger partial charge in [0.2, 0.25) is 0 Å². The molecular formula is C26H23F6NO3S. The Kier molecular flexibility index (Phi) is 6.46. The third kappa shape index (κ3) is 5.51. The number of carbonyl (C=O) groups excluding carboxylic acids is 2. The summed E-state index contributed by atoms with van der Waals surface area (Å²) in [7, 11) is 0. The van der Waals surface area contributed by atoms with Gasteiger partial charge in [0.1, 0.15) is 5.75 Å². The van der Waals surface area contributed by atoms with Gasteiger partial charge in [-0.15, -0.1) is 13.2 Å². The minimum atomic E-state index is -5.19. The monoisotopic (exact) mass is 543 g/mol. The number of halogens is 6. The van der Waals surface area contributed by atoms with Crippen molar-refractivity contribution < 1.29 is 40.7 Å². The van der Waals surface area contributed by atoms with E-state index in [1.54, 1.807) is 0 Å². The van der Waals surface area contributed by atoms with E-state index in [-0.39, 0.29) is 10.5 Å². The van der Waals surface area contributed by atoms with Crippen LogP contribution in [0.4, 0.5) is 31.1 Å². The van der Waals surface area contributed by atoms with Crippen LogP contribution >= 0.6 is 11.8 Å². The summed E-state index contributed by atoms with van der Waals surface area (Å²) in [6.07, 6.45) is -7.53. The van der Waals surface area contributed by atoms with Crippen molar-refractivity contribution in [3.8, 4) is 16.9 Å². The van der Waals surface area contributed by atoms with Gasteiger partial charge in [-0.3, -0.25) is 14.9 Å². The number of carbonyl (C=O) groups is 2. The maximum atomic E-state index is 14.3. The van der Waals surface area contributed by atoms with Crippen molar-refractivity contribution in [2.45, 2.75) is 63.9 Å². The molecule has 1 aliphatic carbocycles. The molecule has 11 heteroatoms. The Hall–Kier alpha value is -2.95. The van der Waals surface area contributed by atoms with Crippen molar-refractivity contribution in [3.05, 3.63) is 57.5 Å². The van der Waals surface area contributed by atoms with E-state index in [0.717, 1.165) is 18.2 Å². The fourth-order valence-corrected chi connectivity index (χ4v) is 5.39. The van der Waals surface area contributed by atoms with E-state index in [0.29, 0.717) is 35.7 Å². The number of rotatable bonds is 3. The Morgan fingerprint density at radius 3 is 2.00 bits per heavy atom. The van der Waals surface area contributed by atoms with Crippen LogP contribution in [0.25, 0.3) is 17.2 Å². The first kappa shape index (κ1) is 27.1. The smallest absolute Gasteiger partial charge is 0.405 e. The standard InChI is InChI=1S/C26H23F6NO3S/c1-23(2)7-8-24(3,4)18-12-16(25(27,28)29)15(11-17(18)23)14-6-5-13(9-19(14)36-26(30,31)32)10-20-21(34)33-22(35)37-20/h5-6,9-12H,7-8H2,1-4H3,(H,33,34,35)/b20-10+. The summed E-state index contributed by atoms with van der Waals surface area (Å²) in [5.41, 5.74) is -1.76. The van der Waals surface area contributed by atoms with E-state index in [1.165, 1.54) is 18.2 Å². The molecule has 2 aromatic rings. The Bertz CT molecular complexity index is 1320. The second-order valence-electron chi connectivity index (χ2n) is 10.4. The number of nitrogens with one attached hydrogen (secondary N) is 1. The van der Waals surface area contributed by atoms with Crippen molar-refractivity contribution >= 4 is 29.0 Å². The molecule has 2 aliphatic rings. The van der Waals surface area contributed by atoms with Crippen molar-refractivity contribution in [2.24, 2.45) is 0 Å². The number of hydrogen-bond acceptors (Lipinski definition) is 4. The largest absolute Gasteiger partial charge is 0.573 e. The van der Waals surface area contributed by atoms with E-state index >= 15 is 0 Å². The molecule has 0 bridgehead atoms. The van der Waals surface area contributed by atoms with E-state index < -0.39 is 57.0 Å². The second kappa shape index (κ2) is 8.82. The lowest BCUT2D eigenvalue weighted by Crippen LogP contribution is -2.34. The number of ether oxygens (including phenoxy) is 1. The van der Waals surface area contributed by atoms with Gasteiger partial charge in [-0.25, -0.2) is 0 Å². The molecular weight excluding hydrogens is 520 g/mol. The van der Waals surface area contributed by atoms with Gasteiger partial charge < -0.3 is 4.74 Å². The molecule has 0 aromatic heterocycles. The number of benzene rings is 2. The molecule has 2 amide bonds. The third-order valence-corrected chi connectivity index (χ3v) is 7.57. The van der Waals surface area contributed by atoms with Gasteiger partial charge in [0.15, 0.2) is 0 Å². The number of amides is 2. The van der Waals surface area contributed by atoms with Crippen LogP contribution in [0.3, 0.4) is 0 Å². The molecule has 1 fully saturated rings. The summed E-state index contributed by atoms with van der Waals surface area (Å²) in [6.45, 7) is 7.49. The van der Waals surface area contributed by atoms with Crippen LogP contribution in [-0.2, 0) is 21.8 Å². The summed E-state index contributed by atoms with van der Waals surface area (Å²) in [6, 6.07) is 5.65. The number of fused-ring (bicyclic) bond motifs is 1. The Balaban J connectivity index is 1.97. The normalized spacial score (nSPS) is 20.1. The van der Waals surface area contributed by atoms with Gasteiger partial charge in [0.25, 0.3) is 11.1 Å². The van der Waals surface area contributed by atoms with E-state index in [1.807, 2.05) is 33.0 Å². The first-order valence-electron chi connectivity index (χ1n) is 11.3. The molecule has 0 unspecified atom stereocenters. The van der Waals surface area contributed by atoms with Crippen LogP contribution < -0.4 is 10.1 Å². The van der Waals surface area contributed by atoms with Crippen molar-refractivity contribution in [2.75, 3.05) is 0 Å². The van der Waals surface area contributed by atoms with Crippen LogP contribution in [0.1, 0.15) is 62.8 Å². The number of hydrogen-bond donors (Lipinski definition) is 1. The highest BCUT2D eigenvalue weighted by atomic mass is 32.2. The fraction of sp³-hybridized carbons (Fsp3) is 0.385. The molecule has 198 valence electrons. The van der Waals surface area contributed by atoms with Crippen molar-refractivity contribution in [1.29, 1.82) is 0 Å². The predicted molar refractivity (Wildman–Crippen MR) is 128 cm³/mol. The maximum Gasteiger partial charge on any atom is 0.573 e. The van der Waals surface area contributed by atoms with Gasteiger partial charge in [-0.1, -0.05) is 39.8 Å². The van der Waals surface area contributed by atoms with E-state index in [4.69, 9.17) is 0 Å². The summed E-state index contributed by atoms with van der Waals surface area (Å²) < 4.78 is 87.1. The first-order valence-corrected chi connectivity index (χ1v) is 12.1. The van der Waals surface area contributed by atoms with Crippen LogP contribution in [0, 0.1) is 0 Å². The molecule has 0 spiro atoms. The Morgan fingerprint density at radius 1 is 0.892 bits per heavy atom. The van der Waals surface area contributed by atoms with Gasteiger partial charge in [0.05, 0.1) is 10.5 Å². The summed E-state index contributed by atoms with van der Waals surface area (Å²) in [5, 5.41) is 1.38. The van der Waals surface area contributed by atoms with E-state index in [9.17, 15) is 35.9 Å². The summed E-state index contributed by atoms with van der Waals surface area (Å²) in [4.78, 5) is 23.2. The molecule has 0 atom stereocenters. The minimum absolute atomic E-state index is 0.0448. The molecule has 1 aliphatic heterocycles. The third-order valence-electron chi connectivity index (χ3n) is 6.76. The van der Waals surface area contributed by atoms with Crippen LogP contribution in [0.2, 0.25) is 0 Å². The number of thioether (sulfide) groups is 1. The molecule has 2 aromatic carbocycles. The number of alkyl halides is 6. The van der Waals surface area contributed by atoms with Gasteiger partial charge in [-0.2, -0.15) is 13.2 Å². The molecule has 0 saturated carbocycles. The minimum Gasteiger partial charge on any atom is -0.405 e. The van der Waals surface area contributed by atoms with Crippen LogP contribution in [-0.4, -0.2) is 17.5 Å². The summed E-state index contributed by atoms with van der Waals surface area (Å²) in [5.74, 6) is -1.58. The highest BCUT2D eigenvalue weighted by molar-refractivity contribution is 8.18. The van der Waals surface area contributed by atoms with Crippen LogP contribution in [0.15, 0.2) is 35.2 Å². The van der Waals surface area contributed by atoms with Crippen molar-refractivity contribution in [3.63, 3.8) is 0 Å². The van der Waals surface area contributed by atoms with Gasteiger partial charge in [0, 0.05) is 5.56 Å². The van der Waals surface area contributed by atoms with E-state index in [2.05, 4.69) is 4.74 Å². The molecule has 0 radical (unpaired) electrons. The zero-order valence-corrected chi connectivity index (χ0v) is 21.1. The summed E-state index contributed by atoms with van der Waals surface area (Å²) >= 11 is 0.559. The topological polar surface area (TPSA) is 55.4 Å². The molecule has 1 heterocycles. The Morgan fingerprint density at radius 2 is 1.49 bits per heavy atom. The lowest BCUT2D eigenvalue weighted by molar-refractivity contribution is -0.274. The SMILES string of the molecule is CC1(C)CCC(C)(C)c2cc(C(F)(F)F)c(-c3ccc(/C=C4/SC(=O)NC4=O)cc3OC(F)(F)F)cc21. The average molecular weight is 544 g/mol. The highest BCUT2D eigenvalue weighted by Gasteiger charge is 2.43. The maximum absolute atomic E-state index is 14.3. The molecule has 1 saturated heterocycles. The lowest BCUT2D eigenvalue weighted by Gasteiger charge is -2.42. The first-order chi connectivity index (χ1) is 16.9. The molecule has 1 N–H and O–H groups in total. The fourth-order valence-electron chi connectivity index (χ4n) is 4.70. The quantitative estimate of drug-likeness (QED) is 0.315. The van der Waals surface area contributed by atoms with Crippen molar-refractivity contribution in [1.82, 2.24) is 5.32 Å². The zero-order chi connectivity index (χ0) is 27.6. The van der Waals surface area contributed by atoms with Gasteiger partial charge in [-0.05, 0) is 82.0 Å². The Labute approximate surface area is 213 Å². The van der Waals surface area contributed by atoms with Gasteiger partial charge >= 0.3 is 12.5 Å². The second-order valence-corrected chi connectivity index (χ2v) is 11.4.